The first-order valence-corrected chi connectivity index (χ1v) is 12.4. The predicted octanol–water partition coefficient (Wildman–Crippen LogP) is 5.00. The molecule has 11 heteroatoms. The van der Waals surface area contributed by atoms with Crippen LogP contribution in [0.15, 0.2) is 42.6 Å². The van der Waals surface area contributed by atoms with Crippen LogP contribution in [0.5, 0.6) is 0 Å². The highest BCUT2D eigenvalue weighted by Gasteiger charge is 2.22. The van der Waals surface area contributed by atoms with Crippen molar-refractivity contribution in [2.45, 2.75) is 32.9 Å². The van der Waals surface area contributed by atoms with Crippen LogP contribution in [0.25, 0.3) is 22.6 Å². The molecule has 8 nitrogen and oxygen atoms in total. The lowest BCUT2D eigenvalue weighted by molar-refractivity contribution is -0.114. The topological polar surface area (TPSA) is 96.8 Å². The smallest absolute Gasteiger partial charge is 0.225 e. The summed E-state index contributed by atoms with van der Waals surface area (Å²) < 4.78 is 28.9. The average Bonchev–Trinajstić information content (AvgIpc) is 3.22. The first-order chi connectivity index (χ1) is 17.9. The summed E-state index contributed by atoms with van der Waals surface area (Å²) in [6, 6.07) is 9.07. The van der Waals surface area contributed by atoms with Crippen molar-refractivity contribution in [3.05, 3.63) is 64.8 Å². The first kappa shape index (κ1) is 25.0. The number of rotatable bonds is 7. The minimum Gasteiger partial charge on any atom is -0.350 e. The molecule has 192 valence electrons. The second kappa shape index (κ2) is 10.8. The van der Waals surface area contributed by atoms with Crippen molar-refractivity contribution in [3.8, 4) is 11.4 Å². The number of imidazole rings is 1. The summed E-state index contributed by atoms with van der Waals surface area (Å²) in [7, 11) is 0. The maximum Gasteiger partial charge on any atom is 0.225 e. The van der Waals surface area contributed by atoms with E-state index in [4.69, 9.17) is 21.6 Å². The standard InChI is InChI=1S/C26H26ClF2N7O/c1-15(37)33-18-5-6-19(20(27)10-18)24-34-23-13-32-26(31-12-16-4-7-21(28)22(29)9-16)35-25(23)36(24)14-17-3-2-8-30-11-17/h4-7,9-10,13,17,30H,2-3,8,11-12,14H2,1H3,(H,33,37)(H,31,32,35)/t17-/m1/s1. The van der Waals surface area contributed by atoms with Crippen LogP contribution in [-0.2, 0) is 17.9 Å². The third-order valence-electron chi connectivity index (χ3n) is 6.29. The summed E-state index contributed by atoms with van der Waals surface area (Å²) in [6.45, 7) is 4.25. The van der Waals surface area contributed by atoms with E-state index in [1.807, 2.05) is 6.07 Å². The second-order valence-corrected chi connectivity index (χ2v) is 9.55. The van der Waals surface area contributed by atoms with Crippen LogP contribution in [0.2, 0.25) is 5.02 Å². The summed E-state index contributed by atoms with van der Waals surface area (Å²) in [5.41, 5.74) is 3.14. The summed E-state index contributed by atoms with van der Waals surface area (Å²) in [6.07, 6.45) is 3.80. The van der Waals surface area contributed by atoms with Crippen LogP contribution in [-0.4, -0.2) is 38.5 Å². The fourth-order valence-electron chi connectivity index (χ4n) is 4.53. The average molecular weight is 526 g/mol. The van der Waals surface area contributed by atoms with Gasteiger partial charge in [0.15, 0.2) is 17.3 Å². The predicted molar refractivity (Wildman–Crippen MR) is 139 cm³/mol. The zero-order chi connectivity index (χ0) is 25.9. The molecule has 0 unspecified atom stereocenters. The van der Waals surface area contributed by atoms with E-state index < -0.39 is 11.6 Å². The number of carbonyl (C=O) groups excluding carboxylic acids is 1. The van der Waals surface area contributed by atoms with Gasteiger partial charge in [0.2, 0.25) is 11.9 Å². The number of hydrogen-bond donors (Lipinski definition) is 3. The molecule has 1 atom stereocenters. The Kier molecular flexibility index (Phi) is 7.29. The van der Waals surface area contributed by atoms with Crippen LogP contribution in [0.3, 0.4) is 0 Å². The molecule has 1 aliphatic rings. The monoisotopic (exact) mass is 525 g/mol. The van der Waals surface area contributed by atoms with Gasteiger partial charge in [-0.1, -0.05) is 17.7 Å². The van der Waals surface area contributed by atoms with E-state index in [1.54, 1.807) is 18.3 Å². The number of carbonyl (C=O) groups is 1. The Balaban J connectivity index is 1.50. The summed E-state index contributed by atoms with van der Waals surface area (Å²) in [5, 5.41) is 9.73. The molecule has 1 amide bonds. The zero-order valence-electron chi connectivity index (χ0n) is 20.2. The molecular weight excluding hydrogens is 500 g/mol. The number of nitrogens with one attached hydrogen (secondary N) is 3. The molecule has 0 spiro atoms. The van der Waals surface area contributed by atoms with Crippen molar-refractivity contribution in [2.75, 3.05) is 23.7 Å². The molecule has 4 aromatic rings. The van der Waals surface area contributed by atoms with Gasteiger partial charge >= 0.3 is 0 Å². The van der Waals surface area contributed by atoms with Crippen LogP contribution in [0.4, 0.5) is 20.4 Å². The molecule has 3 N–H and O–H groups in total. The van der Waals surface area contributed by atoms with Gasteiger partial charge in [-0.25, -0.2) is 18.7 Å². The normalized spacial score (nSPS) is 15.6. The minimum absolute atomic E-state index is 0.181. The lowest BCUT2D eigenvalue weighted by atomic mass is 9.99. The van der Waals surface area contributed by atoms with Gasteiger partial charge in [0, 0.05) is 31.3 Å². The van der Waals surface area contributed by atoms with Gasteiger partial charge in [-0.05, 0) is 67.7 Å². The van der Waals surface area contributed by atoms with Crippen molar-refractivity contribution < 1.29 is 13.6 Å². The second-order valence-electron chi connectivity index (χ2n) is 9.14. The third kappa shape index (κ3) is 5.70. The number of piperidine rings is 1. The zero-order valence-corrected chi connectivity index (χ0v) is 20.9. The fourth-order valence-corrected chi connectivity index (χ4v) is 4.79. The first-order valence-electron chi connectivity index (χ1n) is 12.1. The Morgan fingerprint density at radius 2 is 2.05 bits per heavy atom. The van der Waals surface area contributed by atoms with Crippen LogP contribution in [0.1, 0.15) is 25.3 Å². The highest BCUT2D eigenvalue weighted by Crippen LogP contribution is 2.33. The van der Waals surface area contributed by atoms with E-state index in [9.17, 15) is 13.6 Å². The Morgan fingerprint density at radius 1 is 1.19 bits per heavy atom. The van der Waals surface area contributed by atoms with Crippen molar-refractivity contribution >= 4 is 40.3 Å². The maximum atomic E-state index is 13.6. The lowest BCUT2D eigenvalue weighted by Gasteiger charge is -2.24. The molecule has 5 rings (SSSR count). The summed E-state index contributed by atoms with van der Waals surface area (Å²) >= 11 is 6.64. The molecule has 0 aliphatic carbocycles. The van der Waals surface area contributed by atoms with E-state index in [0.717, 1.165) is 38.1 Å². The van der Waals surface area contributed by atoms with Gasteiger partial charge in [-0.2, -0.15) is 4.98 Å². The van der Waals surface area contributed by atoms with Crippen LogP contribution < -0.4 is 16.0 Å². The number of amides is 1. The van der Waals surface area contributed by atoms with Crippen molar-refractivity contribution in [1.29, 1.82) is 0 Å². The maximum absolute atomic E-state index is 13.6. The molecule has 1 fully saturated rings. The van der Waals surface area contributed by atoms with Crippen LogP contribution >= 0.6 is 11.6 Å². The van der Waals surface area contributed by atoms with E-state index >= 15 is 0 Å². The Hall–Kier alpha value is -3.63. The highest BCUT2D eigenvalue weighted by molar-refractivity contribution is 6.33. The molecule has 2 aromatic heterocycles. The number of benzene rings is 2. The number of aromatic nitrogens is 4. The van der Waals surface area contributed by atoms with Gasteiger partial charge in [-0.15, -0.1) is 0 Å². The van der Waals surface area contributed by atoms with E-state index in [-0.39, 0.29) is 12.5 Å². The molecule has 0 saturated carbocycles. The molecule has 3 heterocycles. The molecule has 1 aliphatic heterocycles. The van der Waals surface area contributed by atoms with Crippen LogP contribution in [0, 0.1) is 17.6 Å². The van der Waals surface area contributed by atoms with Gasteiger partial charge in [0.1, 0.15) is 11.3 Å². The molecule has 37 heavy (non-hydrogen) atoms. The molecular formula is C26H26ClF2N7O. The quantitative estimate of drug-likeness (QED) is 0.314. The SMILES string of the molecule is CC(=O)Nc1ccc(-c2nc3cnc(NCc4ccc(F)c(F)c4)nc3n2C[C@@H]2CCCNC2)c(Cl)c1. The van der Waals surface area contributed by atoms with Crippen molar-refractivity contribution in [2.24, 2.45) is 5.92 Å². The largest absolute Gasteiger partial charge is 0.350 e. The number of hydrogen-bond acceptors (Lipinski definition) is 6. The fraction of sp³-hybridized carbons (Fsp3) is 0.308. The van der Waals surface area contributed by atoms with Gasteiger partial charge < -0.3 is 20.5 Å². The van der Waals surface area contributed by atoms with E-state index in [2.05, 4.69) is 25.5 Å². The molecule has 2 aromatic carbocycles. The number of fused-ring (bicyclic) bond motifs is 1. The van der Waals surface area contributed by atoms with Crippen molar-refractivity contribution in [1.82, 2.24) is 24.8 Å². The van der Waals surface area contributed by atoms with Crippen molar-refractivity contribution in [3.63, 3.8) is 0 Å². The number of nitrogens with zero attached hydrogens (tertiary/aromatic N) is 4. The minimum atomic E-state index is -0.902. The number of anilines is 2. The molecule has 0 radical (unpaired) electrons. The Bertz CT molecular complexity index is 1450. The van der Waals surface area contributed by atoms with Gasteiger partial charge in [0.05, 0.1) is 11.2 Å². The van der Waals surface area contributed by atoms with E-state index in [1.165, 1.54) is 13.0 Å². The molecule has 1 saturated heterocycles. The summed E-state index contributed by atoms with van der Waals surface area (Å²) in [5.74, 6) is -0.582. The number of halogens is 3. The summed E-state index contributed by atoms with van der Waals surface area (Å²) in [4.78, 5) is 25.3. The van der Waals surface area contributed by atoms with Gasteiger partial charge in [0.25, 0.3) is 0 Å². The third-order valence-corrected chi connectivity index (χ3v) is 6.61. The van der Waals surface area contributed by atoms with Gasteiger partial charge in [-0.3, -0.25) is 4.79 Å². The van der Waals surface area contributed by atoms with E-state index in [0.29, 0.717) is 57.2 Å². The Morgan fingerprint density at radius 3 is 2.78 bits per heavy atom. The Labute approximate surface area is 217 Å². The highest BCUT2D eigenvalue weighted by atomic mass is 35.5. The molecule has 0 bridgehead atoms. The lowest BCUT2D eigenvalue weighted by Crippen LogP contribution is -2.32.